The highest BCUT2D eigenvalue weighted by Gasteiger charge is 2.47. The van der Waals surface area contributed by atoms with Gasteiger partial charge in [0.2, 0.25) is 5.91 Å². The van der Waals surface area contributed by atoms with Gasteiger partial charge in [0.15, 0.2) is 6.29 Å². The number of benzene rings is 3. The number of carbonyl (C=O) groups excluding carboxylic acids is 2. The molecule has 0 aliphatic carbocycles. The van der Waals surface area contributed by atoms with Gasteiger partial charge in [-0.05, 0) is 66.1 Å². The van der Waals surface area contributed by atoms with E-state index in [9.17, 15) is 33.0 Å². The first-order chi connectivity index (χ1) is 23.6. The Hall–Kier alpha value is -3.81. The van der Waals surface area contributed by atoms with Crippen LogP contribution in [0.3, 0.4) is 0 Å². The summed E-state index contributed by atoms with van der Waals surface area (Å²) in [6, 6.07) is 22.1. The van der Waals surface area contributed by atoms with Crippen molar-refractivity contribution < 1.29 is 42.4 Å². The van der Waals surface area contributed by atoms with Gasteiger partial charge in [0.1, 0.15) is 6.04 Å². The molecule has 3 N–H and O–H groups in total. The summed E-state index contributed by atoms with van der Waals surface area (Å²) in [5.74, 6) is -2.58. The van der Waals surface area contributed by atoms with E-state index in [1.807, 2.05) is 72.8 Å². The van der Waals surface area contributed by atoms with Crippen molar-refractivity contribution in [3.63, 3.8) is 0 Å². The summed E-state index contributed by atoms with van der Waals surface area (Å²) in [6.45, 7) is 1.70. The fourth-order valence-electron chi connectivity index (χ4n) is 7.08. The van der Waals surface area contributed by atoms with E-state index in [0.29, 0.717) is 24.3 Å². The first kappa shape index (κ1) is 35.0. The lowest BCUT2D eigenvalue weighted by atomic mass is 9.98. The number of alkyl halides is 3. The Morgan fingerprint density at radius 1 is 0.857 bits per heavy atom. The number of amides is 2. The van der Waals surface area contributed by atoms with Crippen molar-refractivity contribution >= 4 is 11.8 Å². The van der Waals surface area contributed by atoms with E-state index in [1.165, 1.54) is 0 Å². The van der Waals surface area contributed by atoms with Crippen LogP contribution in [-0.2, 0) is 32.2 Å². The molecule has 5 atom stereocenters. The molecule has 3 heterocycles. The number of aliphatic hydroxyl groups is 2. The minimum Gasteiger partial charge on any atom is -0.395 e. The van der Waals surface area contributed by atoms with Crippen LogP contribution in [0.15, 0.2) is 72.8 Å². The molecule has 3 fully saturated rings. The number of halogens is 3. The van der Waals surface area contributed by atoms with Gasteiger partial charge in [0, 0.05) is 37.7 Å². The molecule has 3 aromatic rings. The van der Waals surface area contributed by atoms with Crippen LogP contribution in [0.5, 0.6) is 0 Å². The second-order valence-electron chi connectivity index (χ2n) is 13.0. The van der Waals surface area contributed by atoms with Gasteiger partial charge in [-0.1, -0.05) is 66.7 Å². The maximum Gasteiger partial charge on any atom is 0.471 e. The van der Waals surface area contributed by atoms with Crippen molar-refractivity contribution in [2.75, 3.05) is 26.2 Å². The standard InChI is InChI=1S/C37H42F3N3O6/c38-37(39,40)36(47)43-17-3-7-32(43)34(46)41-20-25-4-1-5-29(18-25)26-12-14-28(15-13-26)35-48-31(21-42-16-2-6-30(42)23-45)19-33(49-35)27-10-8-24(22-44)9-11-27/h1,4-5,8-15,18,30-33,35,44-45H,2-3,6-7,16-17,19-23H2,(H,41,46)/t30-,31-,32-,33+,35+/m0/s1. The largest absolute Gasteiger partial charge is 0.471 e. The van der Waals surface area contributed by atoms with E-state index >= 15 is 0 Å². The second kappa shape index (κ2) is 15.4. The Labute approximate surface area is 283 Å². The lowest BCUT2D eigenvalue weighted by Gasteiger charge is -2.38. The van der Waals surface area contributed by atoms with E-state index in [2.05, 4.69) is 10.2 Å². The number of ether oxygens (including phenoxy) is 2. The zero-order valence-electron chi connectivity index (χ0n) is 27.1. The van der Waals surface area contributed by atoms with Crippen molar-refractivity contribution in [3.05, 3.63) is 95.1 Å². The summed E-state index contributed by atoms with van der Waals surface area (Å²) >= 11 is 0. The van der Waals surface area contributed by atoms with Gasteiger partial charge < -0.3 is 29.9 Å². The van der Waals surface area contributed by atoms with Gasteiger partial charge in [0.25, 0.3) is 0 Å². The molecule has 0 radical (unpaired) electrons. The van der Waals surface area contributed by atoms with E-state index in [-0.39, 0.29) is 51.0 Å². The zero-order valence-corrected chi connectivity index (χ0v) is 27.1. The van der Waals surface area contributed by atoms with E-state index in [0.717, 1.165) is 52.8 Å². The van der Waals surface area contributed by atoms with Crippen LogP contribution < -0.4 is 5.32 Å². The number of nitrogens with one attached hydrogen (secondary N) is 1. The second-order valence-corrected chi connectivity index (χ2v) is 13.0. The van der Waals surface area contributed by atoms with Crippen LogP contribution in [0.25, 0.3) is 11.1 Å². The third-order valence-corrected chi connectivity index (χ3v) is 9.73. The highest BCUT2D eigenvalue weighted by molar-refractivity contribution is 5.90. The maximum atomic E-state index is 13.0. The van der Waals surface area contributed by atoms with Crippen molar-refractivity contribution in [1.29, 1.82) is 0 Å². The summed E-state index contributed by atoms with van der Waals surface area (Å²) in [6.07, 6.45) is -2.79. The van der Waals surface area contributed by atoms with E-state index in [4.69, 9.17) is 9.47 Å². The smallest absolute Gasteiger partial charge is 0.395 e. The molecule has 3 aromatic carbocycles. The van der Waals surface area contributed by atoms with Gasteiger partial charge in [-0.15, -0.1) is 0 Å². The Bertz CT molecular complexity index is 1590. The molecule has 2 amide bonds. The average molecular weight is 682 g/mol. The Morgan fingerprint density at radius 2 is 1.59 bits per heavy atom. The predicted molar refractivity (Wildman–Crippen MR) is 175 cm³/mol. The van der Waals surface area contributed by atoms with Crippen LogP contribution in [0.2, 0.25) is 0 Å². The first-order valence-electron chi connectivity index (χ1n) is 16.8. The molecule has 3 aliphatic heterocycles. The van der Waals surface area contributed by atoms with E-state index in [1.54, 1.807) is 0 Å². The van der Waals surface area contributed by atoms with Crippen molar-refractivity contribution in [1.82, 2.24) is 15.1 Å². The minimum absolute atomic E-state index is 0.0334. The molecule has 0 saturated carbocycles. The highest BCUT2D eigenvalue weighted by atomic mass is 19.4. The summed E-state index contributed by atoms with van der Waals surface area (Å²) in [7, 11) is 0. The SMILES string of the molecule is O=C(NCc1cccc(-c2ccc([C@@H]3O[C@H](CN4CCC[C@H]4CO)C[C@H](c4ccc(CO)cc4)O3)cc2)c1)[C@@H]1CCCN1C(=O)C(F)(F)F. The van der Waals surface area contributed by atoms with Gasteiger partial charge >= 0.3 is 12.1 Å². The number of nitrogens with zero attached hydrogens (tertiary/aromatic N) is 2. The summed E-state index contributed by atoms with van der Waals surface area (Å²) in [4.78, 5) is 27.5. The third-order valence-electron chi connectivity index (χ3n) is 9.73. The average Bonchev–Trinajstić information content (AvgIpc) is 3.80. The van der Waals surface area contributed by atoms with Crippen LogP contribution in [0.4, 0.5) is 13.2 Å². The molecule has 262 valence electrons. The number of aliphatic hydroxyl groups excluding tert-OH is 2. The van der Waals surface area contributed by atoms with Crippen molar-refractivity contribution in [2.24, 2.45) is 0 Å². The Kier molecular flexibility index (Phi) is 11.0. The molecule has 0 unspecified atom stereocenters. The first-order valence-corrected chi connectivity index (χ1v) is 16.8. The van der Waals surface area contributed by atoms with E-state index < -0.39 is 30.3 Å². The monoisotopic (exact) mass is 681 g/mol. The molecule has 0 bridgehead atoms. The molecule has 49 heavy (non-hydrogen) atoms. The van der Waals surface area contributed by atoms with Gasteiger partial charge in [-0.25, -0.2) is 0 Å². The number of hydrogen-bond acceptors (Lipinski definition) is 7. The quantitative estimate of drug-likeness (QED) is 0.276. The molecular weight excluding hydrogens is 639 g/mol. The van der Waals surface area contributed by atoms with Crippen molar-refractivity contribution in [3.8, 4) is 11.1 Å². The Morgan fingerprint density at radius 3 is 2.31 bits per heavy atom. The molecule has 3 aliphatic rings. The normalized spacial score (nSPS) is 24.7. The van der Waals surface area contributed by atoms with Gasteiger partial charge in [-0.2, -0.15) is 13.2 Å². The Balaban J connectivity index is 1.13. The number of carbonyl (C=O) groups is 2. The topological polar surface area (TPSA) is 112 Å². The minimum atomic E-state index is -5.02. The third kappa shape index (κ3) is 8.33. The van der Waals surface area contributed by atoms with Crippen LogP contribution in [-0.4, -0.2) is 82.4 Å². The summed E-state index contributed by atoms with van der Waals surface area (Å²) < 4.78 is 52.0. The van der Waals surface area contributed by atoms with Crippen LogP contribution in [0.1, 0.15) is 66.8 Å². The number of likely N-dealkylation sites (tertiary alicyclic amines) is 2. The number of rotatable bonds is 10. The highest BCUT2D eigenvalue weighted by Crippen LogP contribution is 2.39. The van der Waals surface area contributed by atoms with Gasteiger partial charge in [-0.3, -0.25) is 14.5 Å². The zero-order chi connectivity index (χ0) is 34.5. The summed E-state index contributed by atoms with van der Waals surface area (Å²) in [5, 5.41) is 22.1. The van der Waals surface area contributed by atoms with Crippen molar-refractivity contribution in [2.45, 2.75) is 82.0 Å². The number of hydrogen-bond donors (Lipinski definition) is 3. The fourth-order valence-corrected chi connectivity index (χ4v) is 7.08. The lowest BCUT2D eigenvalue weighted by Crippen LogP contribution is -2.50. The maximum absolute atomic E-state index is 13.0. The summed E-state index contributed by atoms with van der Waals surface area (Å²) in [5.41, 5.74) is 5.25. The molecule has 12 heteroatoms. The molecule has 3 saturated heterocycles. The molecule has 0 aromatic heterocycles. The lowest BCUT2D eigenvalue weighted by molar-refractivity contribution is -0.253. The fraction of sp³-hybridized carbons (Fsp3) is 0.459. The molecule has 6 rings (SSSR count). The van der Waals surface area contributed by atoms with Gasteiger partial charge in [0.05, 0.1) is 25.4 Å². The molecule has 0 spiro atoms. The molecule has 9 nitrogen and oxygen atoms in total. The molecular formula is C37H42F3N3O6. The van der Waals surface area contributed by atoms with Crippen LogP contribution >= 0.6 is 0 Å². The predicted octanol–water partition coefficient (Wildman–Crippen LogP) is 5.02. The van der Waals surface area contributed by atoms with Crippen LogP contribution in [0, 0.1) is 0 Å².